The molecule has 0 heterocycles. The lowest BCUT2D eigenvalue weighted by Gasteiger charge is -2.38. The van der Waals surface area contributed by atoms with Gasteiger partial charge in [0.25, 0.3) is 0 Å². The highest BCUT2D eigenvalue weighted by Crippen LogP contribution is 2.37. The van der Waals surface area contributed by atoms with Gasteiger partial charge in [0.15, 0.2) is 0 Å². The number of aliphatic hydroxyl groups is 1. The molecule has 0 amide bonds. The van der Waals surface area contributed by atoms with Gasteiger partial charge in [-0.05, 0) is 44.3 Å². The van der Waals surface area contributed by atoms with Crippen molar-refractivity contribution in [2.45, 2.75) is 44.8 Å². The molecule has 3 atom stereocenters. The van der Waals surface area contributed by atoms with E-state index in [2.05, 4.69) is 11.5 Å². The van der Waals surface area contributed by atoms with Gasteiger partial charge in [-0.3, -0.25) is 0 Å². The molecular formula is C10H17O3. The summed E-state index contributed by atoms with van der Waals surface area (Å²) in [5, 5.41) is 20.1. The van der Waals surface area contributed by atoms with E-state index >= 15 is 0 Å². The van der Waals surface area contributed by atoms with E-state index in [0.717, 1.165) is 12.0 Å². The lowest BCUT2D eigenvalue weighted by atomic mass is 9.75. The average Bonchev–Trinajstić information content (AvgIpc) is 2.09. The number of hydrogen-bond donors (Lipinski definition) is 1. The fourth-order valence-electron chi connectivity index (χ4n) is 1.81. The monoisotopic (exact) mass is 185 g/mol. The molecule has 0 bridgehead atoms. The zero-order valence-electron chi connectivity index (χ0n) is 8.25. The molecule has 3 unspecified atom stereocenters. The van der Waals surface area contributed by atoms with Crippen LogP contribution in [0.2, 0.25) is 0 Å². The Bertz CT molecular complexity index is 202. The Balaban J connectivity index is 2.61. The van der Waals surface area contributed by atoms with Gasteiger partial charge in [-0.2, -0.15) is 4.89 Å². The maximum Gasteiger partial charge on any atom is 0.130 e. The molecule has 1 aliphatic rings. The number of hydrogen-bond acceptors (Lipinski definition) is 2. The van der Waals surface area contributed by atoms with Crippen molar-refractivity contribution in [1.82, 2.24) is 0 Å². The van der Waals surface area contributed by atoms with Crippen LogP contribution in [0.1, 0.15) is 33.1 Å². The molecule has 3 heteroatoms. The topological polar surface area (TPSA) is 49.4 Å². The van der Waals surface area contributed by atoms with Crippen LogP contribution in [0.5, 0.6) is 0 Å². The minimum atomic E-state index is -0.897. The minimum Gasteiger partial charge on any atom is -0.390 e. The molecule has 1 saturated carbocycles. The molecule has 0 spiro atoms. The molecule has 0 aromatic heterocycles. The van der Waals surface area contributed by atoms with E-state index in [1.807, 2.05) is 6.92 Å². The summed E-state index contributed by atoms with van der Waals surface area (Å²) in [6.45, 7) is 7.48. The SMILES string of the molecule is C=C(C)C1CCC(C)(O[O])C(O)C1. The number of rotatable bonds is 2. The van der Waals surface area contributed by atoms with E-state index in [9.17, 15) is 10.4 Å². The minimum absolute atomic E-state index is 0.332. The number of allylic oxidation sites excluding steroid dienone is 1. The quantitative estimate of drug-likeness (QED) is 0.405. The van der Waals surface area contributed by atoms with Gasteiger partial charge in [0.05, 0.1) is 6.10 Å². The Morgan fingerprint density at radius 1 is 1.69 bits per heavy atom. The molecule has 0 aromatic carbocycles. The van der Waals surface area contributed by atoms with Crippen LogP contribution in [-0.4, -0.2) is 16.8 Å². The molecule has 13 heavy (non-hydrogen) atoms. The molecule has 1 fully saturated rings. The first-order valence-corrected chi connectivity index (χ1v) is 4.64. The zero-order chi connectivity index (χ0) is 10.1. The molecule has 1 radical (unpaired) electrons. The summed E-state index contributed by atoms with van der Waals surface area (Å²) in [6.07, 6.45) is 1.41. The molecular weight excluding hydrogens is 168 g/mol. The second kappa shape index (κ2) is 3.78. The molecule has 1 rings (SSSR count). The predicted molar refractivity (Wildman–Crippen MR) is 48.3 cm³/mol. The molecule has 1 N–H and O–H groups in total. The van der Waals surface area contributed by atoms with Crippen molar-refractivity contribution in [3.05, 3.63) is 12.2 Å². The molecule has 0 saturated heterocycles. The lowest BCUT2D eigenvalue weighted by molar-refractivity contribution is -0.391. The summed E-state index contributed by atoms with van der Waals surface area (Å²) >= 11 is 0. The summed E-state index contributed by atoms with van der Waals surface area (Å²) in [5.74, 6) is 0.332. The van der Waals surface area contributed by atoms with Crippen LogP contribution in [-0.2, 0) is 10.1 Å². The Hall–Kier alpha value is -0.380. The summed E-state index contributed by atoms with van der Waals surface area (Å²) < 4.78 is 0. The van der Waals surface area contributed by atoms with Crippen LogP contribution in [0, 0.1) is 5.92 Å². The van der Waals surface area contributed by atoms with Gasteiger partial charge in [0.1, 0.15) is 5.60 Å². The lowest BCUT2D eigenvalue weighted by Crippen LogP contribution is -2.46. The first-order valence-electron chi connectivity index (χ1n) is 4.64. The van der Waals surface area contributed by atoms with Crippen molar-refractivity contribution in [2.75, 3.05) is 0 Å². The van der Waals surface area contributed by atoms with Crippen LogP contribution in [0.15, 0.2) is 12.2 Å². The van der Waals surface area contributed by atoms with E-state index in [4.69, 9.17) is 0 Å². The summed E-state index contributed by atoms with van der Waals surface area (Å²) in [4.78, 5) is 4.09. The van der Waals surface area contributed by atoms with Gasteiger partial charge in [-0.1, -0.05) is 12.2 Å². The smallest absolute Gasteiger partial charge is 0.130 e. The van der Waals surface area contributed by atoms with Crippen molar-refractivity contribution < 1.29 is 15.3 Å². The van der Waals surface area contributed by atoms with Crippen molar-refractivity contribution in [1.29, 1.82) is 0 Å². The normalized spacial score (nSPS) is 40.3. The third-order valence-corrected chi connectivity index (χ3v) is 3.09. The van der Waals surface area contributed by atoms with Crippen LogP contribution < -0.4 is 0 Å². The maximum atomic E-state index is 10.4. The van der Waals surface area contributed by atoms with E-state index in [1.165, 1.54) is 0 Å². The average molecular weight is 185 g/mol. The fourth-order valence-corrected chi connectivity index (χ4v) is 1.81. The van der Waals surface area contributed by atoms with Crippen LogP contribution in [0.3, 0.4) is 0 Å². The van der Waals surface area contributed by atoms with Gasteiger partial charge in [-0.15, -0.1) is 0 Å². The Kier molecular flexibility index (Phi) is 3.11. The highest BCUT2D eigenvalue weighted by Gasteiger charge is 2.41. The van der Waals surface area contributed by atoms with Gasteiger partial charge in [-0.25, -0.2) is 0 Å². The van der Waals surface area contributed by atoms with Crippen molar-refractivity contribution in [3.8, 4) is 0 Å². The molecule has 0 aromatic rings. The molecule has 75 valence electrons. The van der Waals surface area contributed by atoms with Crippen molar-refractivity contribution >= 4 is 0 Å². The van der Waals surface area contributed by atoms with Crippen LogP contribution in [0.4, 0.5) is 0 Å². The van der Waals surface area contributed by atoms with E-state index in [-0.39, 0.29) is 0 Å². The molecule has 1 aliphatic carbocycles. The van der Waals surface area contributed by atoms with E-state index < -0.39 is 11.7 Å². The van der Waals surface area contributed by atoms with Crippen molar-refractivity contribution in [2.24, 2.45) is 5.92 Å². The van der Waals surface area contributed by atoms with Crippen LogP contribution in [0.25, 0.3) is 0 Å². The van der Waals surface area contributed by atoms with Gasteiger partial charge >= 0.3 is 0 Å². The predicted octanol–water partition coefficient (Wildman–Crippen LogP) is 1.84. The first kappa shape index (κ1) is 10.7. The summed E-state index contributed by atoms with van der Waals surface area (Å²) in [5.41, 5.74) is 0.179. The molecule has 0 aliphatic heterocycles. The largest absolute Gasteiger partial charge is 0.390 e. The third kappa shape index (κ3) is 2.10. The maximum absolute atomic E-state index is 10.4. The second-order valence-corrected chi connectivity index (χ2v) is 4.23. The van der Waals surface area contributed by atoms with Crippen molar-refractivity contribution in [3.63, 3.8) is 0 Å². The van der Waals surface area contributed by atoms with E-state index in [0.29, 0.717) is 18.8 Å². The molecule has 3 nitrogen and oxygen atoms in total. The second-order valence-electron chi connectivity index (χ2n) is 4.23. The third-order valence-electron chi connectivity index (χ3n) is 3.09. The highest BCUT2D eigenvalue weighted by molar-refractivity contribution is 5.03. The van der Waals surface area contributed by atoms with Gasteiger partial charge in [0.2, 0.25) is 0 Å². The highest BCUT2D eigenvalue weighted by atomic mass is 17.1. The van der Waals surface area contributed by atoms with Gasteiger partial charge in [0, 0.05) is 0 Å². The Morgan fingerprint density at radius 3 is 2.69 bits per heavy atom. The summed E-state index contributed by atoms with van der Waals surface area (Å²) in [6, 6.07) is 0. The van der Waals surface area contributed by atoms with Gasteiger partial charge < -0.3 is 5.11 Å². The van der Waals surface area contributed by atoms with Crippen LogP contribution >= 0.6 is 0 Å². The first-order chi connectivity index (χ1) is 5.99. The fraction of sp³-hybridized carbons (Fsp3) is 0.800. The van der Waals surface area contributed by atoms with E-state index in [1.54, 1.807) is 6.92 Å². The number of aliphatic hydroxyl groups excluding tert-OH is 1. The summed E-state index contributed by atoms with van der Waals surface area (Å²) in [7, 11) is 0. The Labute approximate surface area is 79.0 Å². The Morgan fingerprint density at radius 2 is 2.31 bits per heavy atom. The standard InChI is InChI=1S/C10H17O3/c1-7(2)8-4-5-10(3,13-12)9(11)6-8/h8-9,11H,1,4-6H2,2-3H3. The zero-order valence-corrected chi connectivity index (χ0v) is 8.25.